The monoisotopic (exact) mass is 531 g/mol. The molecule has 1 aromatic heterocycles. The Morgan fingerprint density at radius 3 is 2.42 bits per heavy atom. The van der Waals surface area contributed by atoms with Gasteiger partial charge in [-0.3, -0.25) is 9.88 Å². The van der Waals surface area contributed by atoms with Crippen LogP contribution < -0.4 is 10.1 Å². The number of hydrogen-bond acceptors (Lipinski definition) is 6. The number of benzene rings is 2. The molecule has 1 atom stereocenters. The largest absolute Gasteiger partial charge is 0.490 e. The molecule has 1 aliphatic heterocycles. The number of halogens is 2. The van der Waals surface area contributed by atoms with E-state index in [-0.39, 0.29) is 42.9 Å². The van der Waals surface area contributed by atoms with E-state index in [0.29, 0.717) is 38.7 Å². The normalized spacial score (nSPS) is 16.2. The number of aromatic nitrogens is 1. The lowest BCUT2D eigenvalue weighted by atomic mass is 9.98. The molecule has 1 N–H and O–H groups in total. The van der Waals surface area contributed by atoms with Gasteiger partial charge in [0.25, 0.3) is 0 Å². The van der Waals surface area contributed by atoms with Crippen molar-refractivity contribution in [2.75, 3.05) is 46.6 Å². The fourth-order valence-corrected chi connectivity index (χ4v) is 4.84. The van der Waals surface area contributed by atoms with Crippen molar-refractivity contribution in [2.24, 2.45) is 0 Å². The van der Waals surface area contributed by atoms with E-state index in [1.54, 1.807) is 24.4 Å². The molecular formula is C27H31Cl2N3O4. The van der Waals surface area contributed by atoms with Crippen LogP contribution in [0.15, 0.2) is 67.0 Å². The lowest BCUT2D eigenvalue weighted by molar-refractivity contribution is 0.0750. The summed E-state index contributed by atoms with van der Waals surface area (Å²) in [6.07, 6.45) is 3.15. The van der Waals surface area contributed by atoms with E-state index in [9.17, 15) is 4.79 Å². The summed E-state index contributed by atoms with van der Waals surface area (Å²) in [5.74, 6) is 0.699. The van der Waals surface area contributed by atoms with Crippen LogP contribution >= 0.6 is 24.8 Å². The molecular weight excluding hydrogens is 501 g/mol. The van der Waals surface area contributed by atoms with E-state index in [0.717, 1.165) is 12.1 Å². The number of hydrogen-bond donors (Lipinski definition) is 1. The first kappa shape index (κ1) is 27.7. The Bertz CT molecular complexity index is 1120. The number of rotatable bonds is 7. The minimum Gasteiger partial charge on any atom is -0.490 e. The molecule has 36 heavy (non-hydrogen) atoms. The zero-order valence-corrected chi connectivity index (χ0v) is 21.7. The molecule has 0 spiro atoms. The molecule has 0 bridgehead atoms. The van der Waals surface area contributed by atoms with Gasteiger partial charge in [0, 0.05) is 38.9 Å². The summed E-state index contributed by atoms with van der Waals surface area (Å²) in [7, 11) is 1.64. The number of amides is 1. The molecule has 2 aliphatic rings. The Morgan fingerprint density at radius 2 is 1.72 bits per heavy atom. The number of pyridine rings is 1. The number of methoxy groups -OCH3 is 1. The van der Waals surface area contributed by atoms with Gasteiger partial charge < -0.3 is 19.5 Å². The molecule has 2 heterocycles. The zero-order chi connectivity index (χ0) is 23.3. The molecule has 1 unspecified atom stereocenters. The van der Waals surface area contributed by atoms with Crippen LogP contribution in [-0.4, -0.2) is 62.5 Å². The number of nitrogens with one attached hydrogen (secondary N) is 1. The van der Waals surface area contributed by atoms with Gasteiger partial charge >= 0.3 is 6.09 Å². The molecule has 192 valence electrons. The van der Waals surface area contributed by atoms with Crippen molar-refractivity contribution in [3.05, 3.63) is 83.7 Å². The van der Waals surface area contributed by atoms with Crippen molar-refractivity contribution in [2.45, 2.75) is 12.0 Å². The van der Waals surface area contributed by atoms with Crippen molar-refractivity contribution < 1.29 is 19.0 Å². The molecule has 0 saturated carbocycles. The van der Waals surface area contributed by atoms with Gasteiger partial charge in [0.2, 0.25) is 0 Å². The highest BCUT2D eigenvalue weighted by Gasteiger charge is 2.33. The van der Waals surface area contributed by atoms with Gasteiger partial charge in [-0.2, -0.15) is 0 Å². The van der Waals surface area contributed by atoms with Gasteiger partial charge in [0.1, 0.15) is 19.0 Å². The Kier molecular flexibility index (Phi) is 9.96. The number of ether oxygens (including phenoxy) is 3. The molecule has 3 aromatic rings. The third-order valence-electron chi connectivity index (χ3n) is 6.49. The highest BCUT2D eigenvalue weighted by molar-refractivity contribution is 5.85. The second kappa shape index (κ2) is 12.9. The molecule has 1 aliphatic carbocycles. The number of nitrogens with zero attached hydrogens (tertiary/aromatic N) is 2. The third kappa shape index (κ3) is 5.76. The highest BCUT2D eigenvalue weighted by atomic mass is 35.5. The number of carbonyl (C=O) groups is 1. The Hall–Kier alpha value is -2.84. The molecule has 9 heteroatoms. The Labute approximate surface area is 224 Å². The summed E-state index contributed by atoms with van der Waals surface area (Å²) in [6.45, 7) is 3.17. The van der Waals surface area contributed by atoms with Gasteiger partial charge in [-0.15, -0.1) is 24.8 Å². The van der Waals surface area contributed by atoms with Crippen LogP contribution in [0.2, 0.25) is 0 Å². The van der Waals surface area contributed by atoms with Crippen molar-refractivity contribution in [3.8, 4) is 16.9 Å². The van der Waals surface area contributed by atoms with E-state index < -0.39 is 0 Å². The summed E-state index contributed by atoms with van der Waals surface area (Å²) in [4.78, 5) is 19.4. The number of piperazine rings is 1. The summed E-state index contributed by atoms with van der Waals surface area (Å²) in [5, 5.41) is 3.38. The molecule has 0 radical (unpaired) electrons. The predicted octanol–water partition coefficient (Wildman–Crippen LogP) is 4.85. The maximum Gasteiger partial charge on any atom is 0.410 e. The van der Waals surface area contributed by atoms with E-state index in [2.05, 4.69) is 46.7 Å². The summed E-state index contributed by atoms with van der Waals surface area (Å²) < 4.78 is 16.7. The molecule has 1 amide bonds. The van der Waals surface area contributed by atoms with Crippen molar-refractivity contribution >= 4 is 30.9 Å². The van der Waals surface area contributed by atoms with Crippen molar-refractivity contribution in [1.82, 2.24) is 15.2 Å². The minimum absolute atomic E-state index is 0. The zero-order valence-electron chi connectivity index (χ0n) is 20.1. The van der Waals surface area contributed by atoms with Gasteiger partial charge in [-0.05, 0) is 33.9 Å². The van der Waals surface area contributed by atoms with Crippen LogP contribution in [0.5, 0.6) is 5.75 Å². The molecule has 1 saturated heterocycles. The van der Waals surface area contributed by atoms with Crippen LogP contribution in [-0.2, 0) is 9.47 Å². The second-order valence-electron chi connectivity index (χ2n) is 8.51. The third-order valence-corrected chi connectivity index (χ3v) is 6.49. The minimum atomic E-state index is -0.306. The Morgan fingerprint density at radius 1 is 1.03 bits per heavy atom. The predicted molar refractivity (Wildman–Crippen MR) is 143 cm³/mol. The average Bonchev–Trinajstić information content (AvgIpc) is 3.21. The first-order chi connectivity index (χ1) is 16.8. The lowest BCUT2D eigenvalue weighted by Crippen LogP contribution is -2.49. The fourth-order valence-electron chi connectivity index (χ4n) is 4.84. The van der Waals surface area contributed by atoms with Crippen LogP contribution in [0.1, 0.15) is 28.7 Å². The average molecular weight is 532 g/mol. The standard InChI is InChI=1S/C27H29N3O4.2ClH/c1-32-12-13-33-20-14-19(15-29-16-20)26-17-28-10-11-30(26)27(31)34-18-25-23-8-4-2-6-21(23)22-7-3-5-9-24(22)25;;/h2-9,14-16,25-26,28H,10-13,17-18H2,1H3;2*1H. The topological polar surface area (TPSA) is 72.9 Å². The molecule has 1 fully saturated rings. The van der Waals surface area contributed by atoms with E-state index in [1.165, 1.54) is 22.3 Å². The van der Waals surface area contributed by atoms with Crippen LogP contribution in [0, 0.1) is 0 Å². The van der Waals surface area contributed by atoms with Crippen molar-refractivity contribution in [3.63, 3.8) is 0 Å². The number of carbonyl (C=O) groups excluding carboxylic acids is 1. The second-order valence-corrected chi connectivity index (χ2v) is 8.51. The highest BCUT2D eigenvalue weighted by Crippen LogP contribution is 2.44. The smallest absolute Gasteiger partial charge is 0.410 e. The summed E-state index contributed by atoms with van der Waals surface area (Å²) in [6, 6.07) is 18.5. The van der Waals surface area contributed by atoms with Crippen LogP contribution in [0.4, 0.5) is 4.79 Å². The summed E-state index contributed by atoms with van der Waals surface area (Å²) >= 11 is 0. The quantitative estimate of drug-likeness (QED) is 0.439. The Balaban J connectivity index is 0.00000180. The molecule has 5 rings (SSSR count). The summed E-state index contributed by atoms with van der Waals surface area (Å²) in [5.41, 5.74) is 5.76. The molecule has 2 aromatic carbocycles. The maximum atomic E-state index is 13.3. The molecule has 7 nitrogen and oxygen atoms in total. The van der Waals surface area contributed by atoms with E-state index in [1.807, 2.05) is 18.2 Å². The SMILES string of the molecule is COCCOc1cncc(C2CNCCN2C(=O)OCC2c3ccccc3-c3ccccc32)c1.Cl.Cl. The van der Waals surface area contributed by atoms with Gasteiger partial charge in [-0.25, -0.2) is 4.79 Å². The van der Waals surface area contributed by atoms with E-state index in [4.69, 9.17) is 14.2 Å². The first-order valence-corrected chi connectivity index (χ1v) is 11.7. The van der Waals surface area contributed by atoms with Crippen LogP contribution in [0.3, 0.4) is 0 Å². The van der Waals surface area contributed by atoms with Crippen molar-refractivity contribution in [1.29, 1.82) is 0 Å². The van der Waals surface area contributed by atoms with Gasteiger partial charge in [-0.1, -0.05) is 48.5 Å². The maximum absolute atomic E-state index is 13.3. The van der Waals surface area contributed by atoms with Gasteiger partial charge in [0.15, 0.2) is 0 Å². The lowest BCUT2D eigenvalue weighted by Gasteiger charge is -2.35. The van der Waals surface area contributed by atoms with Gasteiger partial charge in [0.05, 0.1) is 18.8 Å². The van der Waals surface area contributed by atoms with Crippen LogP contribution in [0.25, 0.3) is 11.1 Å². The fraction of sp³-hybridized carbons (Fsp3) is 0.333. The van der Waals surface area contributed by atoms with E-state index >= 15 is 0 Å². The first-order valence-electron chi connectivity index (χ1n) is 11.7. The number of fused-ring (bicyclic) bond motifs is 3.